The SMILES string of the molecule is Fc1cc(F)cc(C2CCC3CC(c4ccccc4)CCC3C2)c1. The first-order chi connectivity index (χ1) is 11.7. The van der Waals surface area contributed by atoms with Gasteiger partial charge in [-0.25, -0.2) is 8.78 Å². The number of hydrogen-bond donors (Lipinski definition) is 0. The van der Waals surface area contributed by atoms with Crippen LogP contribution in [0.4, 0.5) is 8.78 Å². The molecule has 0 bridgehead atoms. The molecule has 0 saturated heterocycles. The molecule has 4 atom stereocenters. The van der Waals surface area contributed by atoms with E-state index in [-0.39, 0.29) is 0 Å². The molecule has 0 heterocycles. The Bertz CT molecular complexity index is 674. The van der Waals surface area contributed by atoms with Gasteiger partial charge in [-0.05, 0) is 85.5 Å². The monoisotopic (exact) mass is 326 g/mol. The van der Waals surface area contributed by atoms with Gasteiger partial charge in [0.1, 0.15) is 11.6 Å². The van der Waals surface area contributed by atoms with Crippen LogP contribution >= 0.6 is 0 Å². The third-order valence-corrected chi connectivity index (χ3v) is 6.24. The van der Waals surface area contributed by atoms with E-state index >= 15 is 0 Å². The zero-order valence-electron chi connectivity index (χ0n) is 13.9. The summed E-state index contributed by atoms with van der Waals surface area (Å²) in [7, 11) is 0. The summed E-state index contributed by atoms with van der Waals surface area (Å²) in [5, 5.41) is 0. The van der Waals surface area contributed by atoms with Crippen LogP contribution in [0.2, 0.25) is 0 Å². The van der Waals surface area contributed by atoms with E-state index < -0.39 is 11.6 Å². The summed E-state index contributed by atoms with van der Waals surface area (Å²) in [5.74, 6) is 1.62. The van der Waals surface area contributed by atoms with E-state index in [4.69, 9.17) is 0 Å². The third kappa shape index (κ3) is 3.24. The van der Waals surface area contributed by atoms with Gasteiger partial charge in [0.15, 0.2) is 0 Å². The minimum absolute atomic E-state index is 0.324. The summed E-state index contributed by atoms with van der Waals surface area (Å²) >= 11 is 0. The van der Waals surface area contributed by atoms with Crippen molar-refractivity contribution < 1.29 is 8.78 Å². The number of hydrogen-bond acceptors (Lipinski definition) is 0. The molecule has 2 aromatic rings. The van der Waals surface area contributed by atoms with E-state index in [1.165, 1.54) is 43.4 Å². The highest BCUT2D eigenvalue weighted by atomic mass is 19.1. The molecule has 2 fully saturated rings. The molecule has 2 aromatic carbocycles. The smallest absolute Gasteiger partial charge is 0.126 e. The molecule has 4 rings (SSSR count). The maximum absolute atomic E-state index is 13.5. The second kappa shape index (κ2) is 6.66. The van der Waals surface area contributed by atoms with Crippen LogP contribution in [0, 0.1) is 23.5 Å². The molecular formula is C22H24F2. The van der Waals surface area contributed by atoms with Gasteiger partial charge in [0, 0.05) is 6.07 Å². The van der Waals surface area contributed by atoms with E-state index in [0.717, 1.165) is 36.3 Å². The summed E-state index contributed by atoms with van der Waals surface area (Å²) < 4.78 is 27.0. The Hall–Kier alpha value is -1.70. The summed E-state index contributed by atoms with van der Waals surface area (Å²) in [6.07, 6.45) is 7.12. The van der Waals surface area contributed by atoms with Crippen molar-refractivity contribution in [3.63, 3.8) is 0 Å². The van der Waals surface area contributed by atoms with E-state index in [9.17, 15) is 8.78 Å². The first-order valence-electron chi connectivity index (χ1n) is 9.20. The Kier molecular flexibility index (Phi) is 4.39. The zero-order chi connectivity index (χ0) is 16.5. The first kappa shape index (κ1) is 15.8. The topological polar surface area (TPSA) is 0 Å². The molecule has 0 aromatic heterocycles. The number of benzene rings is 2. The minimum Gasteiger partial charge on any atom is -0.207 e. The third-order valence-electron chi connectivity index (χ3n) is 6.24. The van der Waals surface area contributed by atoms with Crippen molar-refractivity contribution in [2.75, 3.05) is 0 Å². The van der Waals surface area contributed by atoms with Crippen LogP contribution in [-0.2, 0) is 0 Å². The Labute approximate surface area is 142 Å². The van der Waals surface area contributed by atoms with Crippen molar-refractivity contribution in [1.29, 1.82) is 0 Å². The van der Waals surface area contributed by atoms with Crippen molar-refractivity contribution in [3.8, 4) is 0 Å². The van der Waals surface area contributed by atoms with Gasteiger partial charge in [-0.2, -0.15) is 0 Å². The van der Waals surface area contributed by atoms with E-state index in [1.807, 2.05) is 0 Å². The molecule has 0 N–H and O–H groups in total. The largest absolute Gasteiger partial charge is 0.207 e. The predicted octanol–water partition coefficient (Wildman–Crippen LogP) is 6.43. The normalized spacial score (nSPS) is 29.9. The summed E-state index contributed by atoms with van der Waals surface area (Å²) in [6.45, 7) is 0. The maximum Gasteiger partial charge on any atom is 0.126 e. The van der Waals surface area contributed by atoms with E-state index in [0.29, 0.717) is 11.8 Å². The molecule has 0 nitrogen and oxygen atoms in total. The van der Waals surface area contributed by atoms with Crippen molar-refractivity contribution in [2.24, 2.45) is 11.8 Å². The summed E-state index contributed by atoms with van der Waals surface area (Å²) in [6, 6.07) is 14.9. The second-order valence-electron chi connectivity index (χ2n) is 7.65. The van der Waals surface area contributed by atoms with Crippen LogP contribution < -0.4 is 0 Å². The van der Waals surface area contributed by atoms with Gasteiger partial charge in [-0.3, -0.25) is 0 Å². The van der Waals surface area contributed by atoms with Crippen LogP contribution in [0.5, 0.6) is 0 Å². The van der Waals surface area contributed by atoms with Crippen molar-refractivity contribution in [3.05, 3.63) is 71.3 Å². The lowest BCUT2D eigenvalue weighted by atomic mass is 9.63. The average Bonchev–Trinajstić information content (AvgIpc) is 2.61. The fourth-order valence-electron chi connectivity index (χ4n) is 5.03. The standard InChI is InChI=1S/C22H24F2/c23-21-12-20(13-22(24)14-21)19-9-8-17-10-16(6-7-18(17)11-19)15-4-2-1-3-5-15/h1-5,12-14,16-19H,6-11H2. The van der Waals surface area contributed by atoms with Crippen LogP contribution in [-0.4, -0.2) is 0 Å². The average molecular weight is 326 g/mol. The second-order valence-corrected chi connectivity index (χ2v) is 7.65. The lowest BCUT2D eigenvalue weighted by Gasteiger charge is -2.42. The van der Waals surface area contributed by atoms with Crippen LogP contribution in [0.1, 0.15) is 61.5 Å². The number of rotatable bonds is 2. The molecule has 0 spiro atoms. The van der Waals surface area contributed by atoms with Crippen molar-refractivity contribution in [2.45, 2.75) is 50.4 Å². The van der Waals surface area contributed by atoms with Gasteiger partial charge in [0.25, 0.3) is 0 Å². The molecule has 2 aliphatic rings. The minimum atomic E-state index is -0.445. The van der Waals surface area contributed by atoms with Gasteiger partial charge in [0.2, 0.25) is 0 Å². The highest BCUT2D eigenvalue weighted by Gasteiger charge is 2.36. The Morgan fingerprint density at radius 3 is 1.75 bits per heavy atom. The summed E-state index contributed by atoms with van der Waals surface area (Å²) in [5.41, 5.74) is 2.33. The number of halogens is 2. The van der Waals surface area contributed by atoms with Crippen LogP contribution in [0.15, 0.2) is 48.5 Å². The lowest BCUT2D eigenvalue weighted by Crippen LogP contribution is -2.29. The van der Waals surface area contributed by atoms with Gasteiger partial charge in [-0.1, -0.05) is 30.3 Å². The Balaban J connectivity index is 1.44. The fourth-order valence-corrected chi connectivity index (χ4v) is 5.03. The maximum atomic E-state index is 13.5. The van der Waals surface area contributed by atoms with Crippen molar-refractivity contribution >= 4 is 0 Å². The van der Waals surface area contributed by atoms with E-state index in [1.54, 1.807) is 0 Å². The number of fused-ring (bicyclic) bond motifs is 1. The molecule has 126 valence electrons. The van der Waals surface area contributed by atoms with E-state index in [2.05, 4.69) is 30.3 Å². The molecule has 2 aliphatic carbocycles. The fraction of sp³-hybridized carbons (Fsp3) is 0.455. The van der Waals surface area contributed by atoms with Crippen molar-refractivity contribution in [1.82, 2.24) is 0 Å². The van der Waals surface area contributed by atoms with Gasteiger partial charge in [0.05, 0.1) is 0 Å². The Morgan fingerprint density at radius 1 is 0.625 bits per heavy atom. The molecule has 24 heavy (non-hydrogen) atoms. The highest BCUT2D eigenvalue weighted by molar-refractivity contribution is 5.24. The first-order valence-corrected chi connectivity index (χ1v) is 9.20. The van der Waals surface area contributed by atoms with Crippen LogP contribution in [0.25, 0.3) is 0 Å². The molecule has 4 unspecified atom stereocenters. The quantitative estimate of drug-likeness (QED) is 0.596. The molecule has 0 amide bonds. The van der Waals surface area contributed by atoms with Gasteiger partial charge < -0.3 is 0 Å². The summed E-state index contributed by atoms with van der Waals surface area (Å²) in [4.78, 5) is 0. The van der Waals surface area contributed by atoms with Crippen LogP contribution in [0.3, 0.4) is 0 Å². The molecule has 2 heteroatoms. The zero-order valence-corrected chi connectivity index (χ0v) is 13.9. The van der Waals surface area contributed by atoms with Gasteiger partial charge >= 0.3 is 0 Å². The molecule has 0 aliphatic heterocycles. The highest BCUT2D eigenvalue weighted by Crippen LogP contribution is 2.49. The van der Waals surface area contributed by atoms with Gasteiger partial charge in [-0.15, -0.1) is 0 Å². The lowest BCUT2D eigenvalue weighted by molar-refractivity contribution is 0.141. The Morgan fingerprint density at radius 2 is 1.17 bits per heavy atom. The molecule has 0 radical (unpaired) electrons. The predicted molar refractivity (Wildman–Crippen MR) is 93.0 cm³/mol. The molecular weight excluding hydrogens is 302 g/mol. The molecule has 2 saturated carbocycles.